The van der Waals surface area contributed by atoms with E-state index in [2.05, 4.69) is 12.3 Å². The molecule has 2 heteroatoms. The van der Waals surface area contributed by atoms with Crippen molar-refractivity contribution in [2.45, 2.75) is 38.6 Å². The topological polar surface area (TPSA) is 38.0 Å². The monoisotopic (exact) mass is 128 g/mol. The highest BCUT2D eigenvalue weighted by Gasteiger charge is 2.21. The van der Waals surface area contributed by atoms with Crippen LogP contribution in [0.2, 0.25) is 0 Å². The van der Waals surface area contributed by atoms with Crippen LogP contribution in [0.1, 0.15) is 32.6 Å². The first kappa shape index (κ1) is 7.03. The van der Waals surface area contributed by atoms with Gasteiger partial charge in [-0.3, -0.25) is 11.3 Å². The molecule has 0 aliphatic heterocycles. The molecular weight excluding hydrogens is 112 g/mol. The van der Waals surface area contributed by atoms with Gasteiger partial charge in [0.25, 0.3) is 0 Å². The van der Waals surface area contributed by atoms with Gasteiger partial charge < -0.3 is 0 Å². The molecule has 0 spiro atoms. The lowest BCUT2D eigenvalue weighted by molar-refractivity contribution is 0.485. The second-order valence-electron chi connectivity index (χ2n) is 2.95. The van der Waals surface area contributed by atoms with Crippen LogP contribution in [0.25, 0.3) is 0 Å². The zero-order chi connectivity index (χ0) is 6.69. The van der Waals surface area contributed by atoms with Gasteiger partial charge in [-0.25, -0.2) is 0 Å². The highest BCUT2D eigenvalue weighted by molar-refractivity contribution is 4.77. The Balaban J connectivity index is 2.20. The van der Waals surface area contributed by atoms with Gasteiger partial charge in [-0.2, -0.15) is 0 Å². The van der Waals surface area contributed by atoms with Crippen LogP contribution in [0, 0.1) is 5.92 Å². The van der Waals surface area contributed by atoms with Gasteiger partial charge in [0.15, 0.2) is 0 Å². The molecule has 54 valence electrons. The van der Waals surface area contributed by atoms with E-state index in [1.807, 2.05) is 0 Å². The van der Waals surface area contributed by atoms with Crippen LogP contribution in [0.5, 0.6) is 0 Å². The van der Waals surface area contributed by atoms with Gasteiger partial charge in [-0.15, -0.1) is 0 Å². The molecular formula is C7H16N2. The van der Waals surface area contributed by atoms with Crippen LogP contribution >= 0.6 is 0 Å². The van der Waals surface area contributed by atoms with E-state index >= 15 is 0 Å². The molecule has 0 amide bonds. The Bertz CT molecular complexity index is 73.0. The molecule has 2 atom stereocenters. The molecule has 0 aromatic heterocycles. The summed E-state index contributed by atoms with van der Waals surface area (Å²) in [6.07, 6.45) is 5.24. The van der Waals surface area contributed by atoms with Crippen molar-refractivity contribution < 1.29 is 0 Å². The second-order valence-corrected chi connectivity index (χ2v) is 2.95. The molecule has 0 aromatic carbocycles. The molecule has 1 aliphatic rings. The molecule has 0 heterocycles. The van der Waals surface area contributed by atoms with Crippen LogP contribution in [-0.2, 0) is 0 Å². The van der Waals surface area contributed by atoms with E-state index in [0.29, 0.717) is 6.04 Å². The minimum atomic E-state index is 0.606. The van der Waals surface area contributed by atoms with E-state index in [1.165, 1.54) is 25.7 Å². The highest BCUT2D eigenvalue weighted by atomic mass is 15.2. The Labute approximate surface area is 56.8 Å². The minimum absolute atomic E-state index is 0.606. The normalized spacial score (nSPS) is 35.3. The summed E-state index contributed by atoms with van der Waals surface area (Å²) in [7, 11) is 0. The predicted octanol–water partition coefficient (Wildman–Crippen LogP) is 1.03. The molecule has 0 saturated heterocycles. The molecule has 1 fully saturated rings. The molecule has 1 rings (SSSR count). The lowest BCUT2D eigenvalue weighted by Gasteiger charge is -2.06. The summed E-state index contributed by atoms with van der Waals surface area (Å²) >= 11 is 0. The quantitative estimate of drug-likeness (QED) is 0.430. The summed E-state index contributed by atoms with van der Waals surface area (Å²) in [5.41, 5.74) is 2.83. The lowest BCUT2D eigenvalue weighted by atomic mass is 10.1. The number of rotatable bonds is 2. The maximum absolute atomic E-state index is 5.30. The summed E-state index contributed by atoms with van der Waals surface area (Å²) < 4.78 is 0. The zero-order valence-corrected chi connectivity index (χ0v) is 6.06. The fourth-order valence-corrected chi connectivity index (χ4v) is 1.60. The molecule has 0 radical (unpaired) electrons. The third kappa shape index (κ3) is 1.66. The van der Waals surface area contributed by atoms with Crippen molar-refractivity contribution in [2.24, 2.45) is 11.8 Å². The van der Waals surface area contributed by atoms with Gasteiger partial charge in [0.05, 0.1) is 0 Å². The molecule has 1 saturated carbocycles. The van der Waals surface area contributed by atoms with Crippen LogP contribution in [0.15, 0.2) is 0 Å². The van der Waals surface area contributed by atoms with Crippen molar-refractivity contribution in [1.29, 1.82) is 0 Å². The van der Waals surface area contributed by atoms with E-state index in [9.17, 15) is 0 Å². The van der Waals surface area contributed by atoms with Crippen LogP contribution in [-0.4, -0.2) is 6.04 Å². The largest absolute Gasteiger partial charge is 0.271 e. The number of nitrogens with one attached hydrogen (secondary N) is 1. The Hall–Kier alpha value is -0.0800. The van der Waals surface area contributed by atoms with Gasteiger partial charge in [-0.1, -0.05) is 13.3 Å². The Morgan fingerprint density at radius 2 is 2.33 bits per heavy atom. The molecule has 1 aliphatic carbocycles. The van der Waals surface area contributed by atoms with Gasteiger partial charge in [0, 0.05) is 6.04 Å². The molecule has 9 heavy (non-hydrogen) atoms. The molecule has 3 N–H and O–H groups in total. The number of hydrogen-bond acceptors (Lipinski definition) is 2. The van der Waals surface area contributed by atoms with E-state index in [-0.39, 0.29) is 0 Å². The Morgan fingerprint density at radius 1 is 1.56 bits per heavy atom. The highest BCUT2D eigenvalue weighted by Crippen LogP contribution is 2.26. The zero-order valence-electron chi connectivity index (χ0n) is 6.06. The first-order valence-electron chi connectivity index (χ1n) is 3.83. The maximum atomic E-state index is 5.30. The Morgan fingerprint density at radius 3 is 2.67 bits per heavy atom. The third-order valence-corrected chi connectivity index (χ3v) is 2.35. The maximum Gasteiger partial charge on any atom is 0.0213 e. The van der Waals surface area contributed by atoms with Crippen molar-refractivity contribution in [3.63, 3.8) is 0 Å². The number of hydrazine groups is 1. The summed E-state index contributed by atoms with van der Waals surface area (Å²) in [4.78, 5) is 0. The van der Waals surface area contributed by atoms with Crippen LogP contribution < -0.4 is 11.3 Å². The standard InChI is InChI=1S/C7H16N2/c1-2-6-3-4-7(5-6)9-8/h6-7,9H,2-5,8H2,1H3/t6-,7+/m1/s1. The number of hydrogen-bond donors (Lipinski definition) is 2. The van der Waals surface area contributed by atoms with Gasteiger partial charge in [0.1, 0.15) is 0 Å². The molecule has 0 bridgehead atoms. The lowest BCUT2D eigenvalue weighted by Crippen LogP contribution is -2.32. The summed E-state index contributed by atoms with van der Waals surface area (Å²) in [5.74, 6) is 6.24. The average molecular weight is 128 g/mol. The summed E-state index contributed by atoms with van der Waals surface area (Å²) in [6, 6.07) is 0.606. The van der Waals surface area contributed by atoms with E-state index in [1.54, 1.807) is 0 Å². The average Bonchev–Trinajstić information content (AvgIpc) is 2.34. The second kappa shape index (κ2) is 3.18. The fourth-order valence-electron chi connectivity index (χ4n) is 1.60. The van der Waals surface area contributed by atoms with Crippen molar-refractivity contribution in [1.82, 2.24) is 5.43 Å². The first-order chi connectivity index (χ1) is 4.36. The molecule has 2 nitrogen and oxygen atoms in total. The van der Waals surface area contributed by atoms with Gasteiger partial charge in [-0.05, 0) is 25.2 Å². The van der Waals surface area contributed by atoms with Crippen molar-refractivity contribution in [3.8, 4) is 0 Å². The first-order valence-corrected chi connectivity index (χ1v) is 3.83. The Kier molecular flexibility index (Phi) is 2.49. The SMILES string of the molecule is CC[C@@H]1CC[C@H](NN)C1. The predicted molar refractivity (Wildman–Crippen MR) is 38.7 cm³/mol. The number of nitrogens with two attached hydrogens (primary N) is 1. The fraction of sp³-hybridized carbons (Fsp3) is 1.00. The molecule has 0 unspecified atom stereocenters. The van der Waals surface area contributed by atoms with Crippen LogP contribution in [0.3, 0.4) is 0 Å². The van der Waals surface area contributed by atoms with Crippen LogP contribution in [0.4, 0.5) is 0 Å². The minimum Gasteiger partial charge on any atom is -0.271 e. The summed E-state index contributed by atoms with van der Waals surface area (Å²) in [6.45, 7) is 2.25. The van der Waals surface area contributed by atoms with E-state index in [0.717, 1.165) is 5.92 Å². The molecule has 0 aromatic rings. The van der Waals surface area contributed by atoms with E-state index in [4.69, 9.17) is 5.84 Å². The van der Waals surface area contributed by atoms with Crippen molar-refractivity contribution in [3.05, 3.63) is 0 Å². The third-order valence-electron chi connectivity index (χ3n) is 2.35. The summed E-state index contributed by atoms with van der Waals surface area (Å²) in [5, 5.41) is 0. The van der Waals surface area contributed by atoms with E-state index < -0.39 is 0 Å². The smallest absolute Gasteiger partial charge is 0.0213 e. The van der Waals surface area contributed by atoms with Crippen molar-refractivity contribution >= 4 is 0 Å². The van der Waals surface area contributed by atoms with Gasteiger partial charge >= 0.3 is 0 Å². The van der Waals surface area contributed by atoms with Crippen molar-refractivity contribution in [2.75, 3.05) is 0 Å². The van der Waals surface area contributed by atoms with Gasteiger partial charge in [0.2, 0.25) is 0 Å².